The second-order valence-corrected chi connectivity index (χ2v) is 9.03. The van der Waals surface area contributed by atoms with Crippen LogP contribution in [0.2, 0.25) is 21.1 Å². The fourth-order valence-electron chi connectivity index (χ4n) is 2.74. The molecular formula is C27H29Cl4N7O6. The highest BCUT2D eigenvalue weighted by atomic mass is 35.5. The lowest BCUT2D eigenvalue weighted by Gasteiger charge is -2.05. The number of hydrogen-bond acceptors (Lipinski definition) is 13. The van der Waals surface area contributed by atoms with E-state index in [1.165, 1.54) is 14.2 Å². The third-order valence-corrected chi connectivity index (χ3v) is 5.21. The molecular weight excluding hydrogens is 660 g/mol. The van der Waals surface area contributed by atoms with Crippen molar-refractivity contribution in [3.05, 3.63) is 92.2 Å². The van der Waals surface area contributed by atoms with E-state index in [0.29, 0.717) is 35.7 Å². The minimum absolute atomic E-state index is 0.000000000000000444. The van der Waals surface area contributed by atoms with E-state index in [4.69, 9.17) is 62.0 Å². The Morgan fingerprint density at radius 1 is 0.705 bits per heavy atom. The third-order valence-electron chi connectivity index (χ3n) is 4.53. The Kier molecular flexibility index (Phi) is 18.1. The number of carbonyl (C=O) groups excluding carboxylic acids is 2. The molecule has 236 valence electrons. The van der Waals surface area contributed by atoms with Gasteiger partial charge in [-0.1, -0.05) is 12.1 Å². The summed E-state index contributed by atoms with van der Waals surface area (Å²) in [6.45, 7) is 4.22. The molecule has 0 saturated carbocycles. The van der Waals surface area contributed by atoms with Gasteiger partial charge in [-0.15, -0.1) is 0 Å². The largest absolute Gasteiger partial charge is 0.465 e. The molecule has 0 fully saturated rings. The summed E-state index contributed by atoms with van der Waals surface area (Å²) in [5.41, 5.74) is 8.00. The molecule has 0 unspecified atom stereocenters. The highest BCUT2D eigenvalue weighted by molar-refractivity contribution is 6.33. The molecule has 0 aliphatic heterocycles. The lowest BCUT2D eigenvalue weighted by atomic mass is 10.1. The number of nitrogens with zero attached hydrogens (tertiary/aromatic N) is 6. The van der Waals surface area contributed by atoms with Gasteiger partial charge in [0.2, 0.25) is 21.1 Å². The van der Waals surface area contributed by atoms with Crippen LogP contribution >= 0.6 is 46.4 Å². The number of anilines is 1. The molecule has 0 atom stereocenters. The lowest BCUT2D eigenvalue weighted by molar-refractivity contribution is 0.0592. The lowest BCUT2D eigenvalue weighted by Crippen LogP contribution is -2.05. The SMILES string of the molecule is CCO.CCOc1nc(Cl)nc(Cc2ccc(C(=O)OC)cc2)n1.COC(=O)c1ccc(N)cc1.Clc1nc(Cl)nc(Cl)n1. The Morgan fingerprint density at radius 2 is 1.11 bits per heavy atom. The van der Waals surface area contributed by atoms with Crippen molar-refractivity contribution in [2.75, 3.05) is 33.2 Å². The van der Waals surface area contributed by atoms with Crippen molar-refractivity contribution in [3.8, 4) is 6.01 Å². The number of halogens is 4. The molecule has 0 amide bonds. The summed E-state index contributed by atoms with van der Waals surface area (Å²) in [6, 6.07) is 13.8. The highest BCUT2D eigenvalue weighted by Gasteiger charge is 2.09. The molecule has 4 rings (SSSR count). The molecule has 0 aliphatic rings. The molecule has 44 heavy (non-hydrogen) atoms. The molecule has 3 N–H and O–H groups in total. The fraction of sp³-hybridized carbons (Fsp3) is 0.259. The van der Waals surface area contributed by atoms with Gasteiger partial charge in [0.25, 0.3) is 0 Å². The van der Waals surface area contributed by atoms with E-state index in [-0.39, 0.29) is 45.7 Å². The second-order valence-electron chi connectivity index (χ2n) is 7.67. The average Bonchev–Trinajstić information content (AvgIpc) is 2.97. The summed E-state index contributed by atoms with van der Waals surface area (Å²) < 4.78 is 14.4. The van der Waals surface area contributed by atoms with Crippen LogP contribution in [0.1, 0.15) is 46.0 Å². The maximum absolute atomic E-state index is 11.4. The van der Waals surface area contributed by atoms with Crippen molar-refractivity contribution >= 4 is 64.0 Å². The predicted molar refractivity (Wildman–Crippen MR) is 166 cm³/mol. The van der Waals surface area contributed by atoms with Gasteiger partial charge >= 0.3 is 17.9 Å². The summed E-state index contributed by atoms with van der Waals surface area (Å²) in [7, 11) is 2.69. The Hall–Kier alpha value is -3.88. The highest BCUT2D eigenvalue weighted by Crippen LogP contribution is 2.13. The van der Waals surface area contributed by atoms with Gasteiger partial charge in [0.1, 0.15) is 5.82 Å². The number of aliphatic hydroxyl groups is 1. The minimum Gasteiger partial charge on any atom is -0.465 e. The zero-order valence-corrected chi connectivity index (χ0v) is 27.0. The van der Waals surface area contributed by atoms with Crippen molar-refractivity contribution in [1.29, 1.82) is 0 Å². The van der Waals surface area contributed by atoms with Crippen LogP contribution in [0.5, 0.6) is 6.01 Å². The van der Waals surface area contributed by atoms with Gasteiger partial charge in [0, 0.05) is 18.7 Å². The van der Waals surface area contributed by atoms with Gasteiger partial charge in [0.15, 0.2) is 0 Å². The summed E-state index contributed by atoms with van der Waals surface area (Å²) >= 11 is 21.8. The van der Waals surface area contributed by atoms with E-state index in [1.807, 2.05) is 19.1 Å². The number of rotatable bonds is 6. The molecule has 0 spiro atoms. The monoisotopic (exact) mass is 687 g/mol. The number of nitrogen functional groups attached to an aromatic ring is 1. The zero-order valence-electron chi connectivity index (χ0n) is 24.0. The smallest absolute Gasteiger partial charge is 0.337 e. The molecule has 17 heteroatoms. The van der Waals surface area contributed by atoms with Crippen molar-refractivity contribution in [2.24, 2.45) is 0 Å². The maximum atomic E-state index is 11.4. The predicted octanol–water partition coefficient (Wildman–Crippen LogP) is 5.19. The number of esters is 2. The van der Waals surface area contributed by atoms with Crippen molar-refractivity contribution in [3.63, 3.8) is 0 Å². The van der Waals surface area contributed by atoms with E-state index >= 15 is 0 Å². The third kappa shape index (κ3) is 15.0. The fourth-order valence-corrected chi connectivity index (χ4v) is 3.52. The van der Waals surface area contributed by atoms with E-state index in [9.17, 15) is 9.59 Å². The average molecular weight is 689 g/mol. The van der Waals surface area contributed by atoms with E-state index in [2.05, 4.69) is 39.4 Å². The molecule has 0 aliphatic carbocycles. The van der Waals surface area contributed by atoms with Crippen LogP contribution in [0.15, 0.2) is 48.5 Å². The van der Waals surface area contributed by atoms with Gasteiger partial charge in [-0.2, -0.15) is 24.9 Å². The number of aliphatic hydroxyl groups excluding tert-OH is 1. The topological polar surface area (TPSA) is 185 Å². The van der Waals surface area contributed by atoms with Crippen LogP contribution in [0.3, 0.4) is 0 Å². The van der Waals surface area contributed by atoms with Crippen LogP contribution in [0.4, 0.5) is 5.69 Å². The standard InChI is InChI=1S/C14H14ClN3O3.C8H9NO2.C3Cl3N3.C2H6O/c1-3-21-14-17-11(16-13(15)18-14)8-9-4-6-10(7-5-9)12(19)20-2;1-11-8(10)6-2-4-7(9)5-3-6;4-1-7-2(5)9-3(6)8-1;1-2-3/h4-7H,3,8H2,1-2H3;2-5H,9H2,1H3;;3H,2H2,1H3. The van der Waals surface area contributed by atoms with E-state index < -0.39 is 0 Å². The van der Waals surface area contributed by atoms with Gasteiger partial charge in [-0.25, -0.2) is 14.6 Å². The molecule has 4 aromatic rings. The summed E-state index contributed by atoms with van der Waals surface area (Å²) in [6.07, 6.45) is 0.462. The van der Waals surface area contributed by atoms with E-state index in [1.54, 1.807) is 43.3 Å². The minimum atomic E-state index is -0.372. The molecule has 2 aromatic heterocycles. The Bertz CT molecular complexity index is 1420. The summed E-state index contributed by atoms with van der Waals surface area (Å²) in [4.78, 5) is 44.7. The first kappa shape index (κ1) is 38.1. The van der Waals surface area contributed by atoms with Crippen LogP contribution in [0.25, 0.3) is 0 Å². The normalized spacial score (nSPS) is 9.57. The second kappa shape index (κ2) is 20.9. The molecule has 0 radical (unpaired) electrons. The van der Waals surface area contributed by atoms with E-state index in [0.717, 1.165) is 5.56 Å². The van der Waals surface area contributed by atoms with Gasteiger partial charge in [-0.3, -0.25) is 0 Å². The number of ether oxygens (including phenoxy) is 3. The van der Waals surface area contributed by atoms with Gasteiger partial charge < -0.3 is 25.1 Å². The first-order chi connectivity index (χ1) is 20.9. The quantitative estimate of drug-likeness (QED) is 0.199. The zero-order chi connectivity index (χ0) is 33.1. The maximum Gasteiger partial charge on any atom is 0.337 e. The van der Waals surface area contributed by atoms with Crippen molar-refractivity contribution in [1.82, 2.24) is 29.9 Å². The number of nitrogens with two attached hydrogens (primary N) is 1. The van der Waals surface area contributed by atoms with Crippen LogP contribution in [-0.4, -0.2) is 74.4 Å². The number of methoxy groups -OCH3 is 2. The van der Waals surface area contributed by atoms with Crippen LogP contribution in [0, 0.1) is 0 Å². The van der Waals surface area contributed by atoms with Crippen LogP contribution < -0.4 is 10.5 Å². The molecule has 0 bridgehead atoms. The molecule has 2 heterocycles. The van der Waals surface area contributed by atoms with Gasteiger partial charge in [0.05, 0.1) is 32.0 Å². The summed E-state index contributed by atoms with van der Waals surface area (Å²) in [5, 5.41) is 7.66. The Balaban J connectivity index is 0.000000351. The molecule has 13 nitrogen and oxygen atoms in total. The van der Waals surface area contributed by atoms with Crippen molar-refractivity contribution < 1.29 is 28.9 Å². The van der Waals surface area contributed by atoms with Crippen molar-refractivity contribution in [2.45, 2.75) is 20.3 Å². The number of aromatic nitrogens is 6. The first-order valence-corrected chi connectivity index (χ1v) is 13.9. The number of carbonyl (C=O) groups is 2. The van der Waals surface area contributed by atoms with Crippen LogP contribution in [-0.2, 0) is 15.9 Å². The Morgan fingerprint density at radius 3 is 1.52 bits per heavy atom. The molecule has 0 saturated heterocycles. The number of benzene rings is 2. The number of hydrogen-bond donors (Lipinski definition) is 2. The summed E-state index contributed by atoms with van der Waals surface area (Å²) in [5.74, 6) is -0.211. The molecule has 2 aromatic carbocycles. The Labute approximate surface area is 273 Å². The van der Waals surface area contributed by atoms with Gasteiger partial charge in [-0.05, 0) is 102 Å². The first-order valence-electron chi connectivity index (χ1n) is 12.4.